The molecule has 2 aliphatic heterocycles. The average Bonchev–Trinajstić information content (AvgIpc) is 3.02. The molecule has 2 aliphatic rings. The molecule has 136 valence electrons. The Kier molecular flexibility index (Phi) is 4.29. The van der Waals surface area contributed by atoms with Crippen LogP contribution in [0.25, 0.3) is 0 Å². The van der Waals surface area contributed by atoms with Crippen LogP contribution < -0.4 is 0 Å². The number of nitriles is 1. The Bertz CT molecular complexity index is 979. The standard InChI is InChI=1S/C21H17FN2O2S/c1-13-2-6-15(7-3-13)21(26)12-27-20-18(11-23)17(10-19(25)24(20)21)14-4-8-16(22)9-5-14/h2-9,17,26H,10,12H2,1H3/t17-,21-/m0/s1. The van der Waals surface area contributed by atoms with Gasteiger partial charge in [0.1, 0.15) is 5.82 Å². The molecular formula is C21H17FN2O2S. The molecular weight excluding hydrogens is 363 g/mol. The number of fused-ring (bicyclic) bond motifs is 1. The summed E-state index contributed by atoms with van der Waals surface area (Å²) in [7, 11) is 0. The molecule has 2 atom stereocenters. The molecule has 0 saturated carbocycles. The topological polar surface area (TPSA) is 64.3 Å². The van der Waals surface area contributed by atoms with E-state index in [4.69, 9.17) is 0 Å². The third kappa shape index (κ3) is 2.84. The molecule has 2 aromatic rings. The van der Waals surface area contributed by atoms with E-state index in [9.17, 15) is 19.6 Å². The Morgan fingerprint density at radius 2 is 1.89 bits per heavy atom. The van der Waals surface area contributed by atoms with Gasteiger partial charge >= 0.3 is 0 Å². The summed E-state index contributed by atoms with van der Waals surface area (Å²) in [5.41, 5.74) is 1.37. The number of hydrogen-bond donors (Lipinski definition) is 1. The van der Waals surface area contributed by atoms with Crippen LogP contribution in [0.4, 0.5) is 4.39 Å². The fourth-order valence-corrected chi connectivity index (χ4v) is 5.00. The molecule has 1 N–H and O–H groups in total. The van der Waals surface area contributed by atoms with E-state index in [1.807, 2.05) is 31.2 Å². The second kappa shape index (κ2) is 6.52. The molecule has 2 aromatic carbocycles. The summed E-state index contributed by atoms with van der Waals surface area (Å²) >= 11 is 1.31. The lowest BCUT2D eigenvalue weighted by Crippen LogP contribution is -2.48. The van der Waals surface area contributed by atoms with Crippen molar-refractivity contribution in [1.82, 2.24) is 4.90 Å². The lowest BCUT2D eigenvalue weighted by atomic mass is 9.85. The van der Waals surface area contributed by atoms with Crippen molar-refractivity contribution in [1.29, 1.82) is 5.26 Å². The maximum Gasteiger partial charge on any atom is 0.231 e. The zero-order valence-electron chi connectivity index (χ0n) is 14.6. The lowest BCUT2D eigenvalue weighted by molar-refractivity contribution is -0.149. The van der Waals surface area contributed by atoms with Gasteiger partial charge in [0.05, 0.1) is 22.4 Å². The number of aliphatic hydroxyl groups is 1. The van der Waals surface area contributed by atoms with Crippen LogP contribution in [0, 0.1) is 24.1 Å². The number of thioether (sulfide) groups is 1. The van der Waals surface area contributed by atoms with Crippen LogP contribution in [-0.2, 0) is 10.5 Å². The van der Waals surface area contributed by atoms with Crippen molar-refractivity contribution in [3.63, 3.8) is 0 Å². The number of benzene rings is 2. The minimum absolute atomic E-state index is 0.0623. The molecule has 27 heavy (non-hydrogen) atoms. The highest BCUT2D eigenvalue weighted by molar-refractivity contribution is 8.03. The smallest absolute Gasteiger partial charge is 0.231 e. The Labute approximate surface area is 160 Å². The van der Waals surface area contributed by atoms with Crippen molar-refractivity contribution < 1.29 is 14.3 Å². The maximum absolute atomic E-state index is 13.3. The van der Waals surface area contributed by atoms with Gasteiger partial charge in [-0.25, -0.2) is 4.39 Å². The van der Waals surface area contributed by atoms with E-state index in [-0.39, 0.29) is 23.9 Å². The van der Waals surface area contributed by atoms with Crippen molar-refractivity contribution in [2.75, 3.05) is 5.75 Å². The summed E-state index contributed by atoms with van der Waals surface area (Å²) in [5, 5.41) is 21.6. The molecule has 6 heteroatoms. The molecule has 0 aliphatic carbocycles. The molecule has 4 nitrogen and oxygen atoms in total. The van der Waals surface area contributed by atoms with Crippen molar-refractivity contribution in [2.45, 2.75) is 25.0 Å². The maximum atomic E-state index is 13.3. The van der Waals surface area contributed by atoms with Crippen LogP contribution in [0.3, 0.4) is 0 Å². The number of rotatable bonds is 2. The Morgan fingerprint density at radius 1 is 1.22 bits per heavy atom. The van der Waals surface area contributed by atoms with Gasteiger partial charge in [0, 0.05) is 17.9 Å². The molecule has 0 radical (unpaired) electrons. The molecule has 1 fully saturated rings. The highest BCUT2D eigenvalue weighted by Gasteiger charge is 2.51. The molecule has 1 saturated heterocycles. The molecule has 1 amide bonds. The van der Waals surface area contributed by atoms with Crippen molar-refractivity contribution >= 4 is 17.7 Å². The molecule has 0 aromatic heterocycles. The molecule has 4 rings (SSSR count). The number of carbonyl (C=O) groups is 1. The monoisotopic (exact) mass is 380 g/mol. The van der Waals surface area contributed by atoms with Crippen molar-refractivity contribution in [2.24, 2.45) is 0 Å². The largest absolute Gasteiger partial charge is 0.366 e. The van der Waals surface area contributed by atoms with E-state index in [2.05, 4.69) is 6.07 Å². The fraction of sp³-hybridized carbons (Fsp3) is 0.238. The second-order valence-corrected chi connectivity index (χ2v) is 7.80. The SMILES string of the molecule is Cc1ccc([C@@]2(O)CSC3=C(C#N)[C@H](c4ccc(F)cc4)CC(=O)N32)cc1. The summed E-state index contributed by atoms with van der Waals surface area (Å²) in [5.74, 6) is -0.773. The lowest BCUT2D eigenvalue weighted by Gasteiger charge is -2.38. The van der Waals surface area contributed by atoms with E-state index < -0.39 is 11.6 Å². The first-order valence-corrected chi connectivity index (χ1v) is 9.57. The van der Waals surface area contributed by atoms with Crippen LogP contribution >= 0.6 is 11.8 Å². The highest BCUT2D eigenvalue weighted by atomic mass is 32.2. The van der Waals surface area contributed by atoms with Gasteiger partial charge in [-0.2, -0.15) is 5.26 Å². The van der Waals surface area contributed by atoms with Crippen LogP contribution in [0.5, 0.6) is 0 Å². The van der Waals surface area contributed by atoms with Crippen LogP contribution in [0.15, 0.2) is 59.1 Å². The van der Waals surface area contributed by atoms with E-state index >= 15 is 0 Å². The van der Waals surface area contributed by atoms with Crippen LogP contribution in [0.1, 0.15) is 29.0 Å². The van der Waals surface area contributed by atoms with Gasteiger partial charge in [-0.3, -0.25) is 9.69 Å². The van der Waals surface area contributed by atoms with Crippen LogP contribution in [0.2, 0.25) is 0 Å². The quantitative estimate of drug-likeness (QED) is 0.861. The average molecular weight is 380 g/mol. The van der Waals surface area contributed by atoms with Gasteiger partial charge in [0.2, 0.25) is 5.91 Å². The minimum Gasteiger partial charge on any atom is -0.366 e. The fourth-order valence-electron chi connectivity index (χ4n) is 3.64. The van der Waals surface area contributed by atoms with E-state index in [1.54, 1.807) is 12.1 Å². The summed E-state index contributed by atoms with van der Waals surface area (Å²) in [6.45, 7) is 1.95. The van der Waals surface area contributed by atoms with Gasteiger partial charge in [0.25, 0.3) is 0 Å². The summed E-state index contributed by atoms with van der Waals surface area (Å²) in [6, 6.07) is 15.5. The first-order chi connectivity index (χ1) is 12.9. The number of halogens is 1. The van der Waals surface area contributed by atoms with Gasteiger partial charge < -0.3 is 5.11 Å². The number of aryl methyl sites for hydroxylation is 1. The third-order valence-electron chi connectivity index (χ3n) is 5.10. The first-order valence-electron chi connectivity index (χ1n) is 8.59. The van der Waals surface area contributed by atoms with Crippen molar-refractivity contribution in [3.05, 3.63) is 81.6 Å². The van der Waals surface area contributed by atoms with E-state index in [1.165, 1.54) is 28.8 Å². The Hall–Kier alpha value is -2.62. The predicted octanol–water partition coefficient (Wildman–Crippen LogP) is 3.78. The predicted molar refractivity (Wildman–Crippen MR) is 101 cm³/mol. The van der Waals surface area contributed by atoms with E-state index in [0.29, 0.717) is 16.2 Å². The Morgan fingerprint density at radius 3 is 2.52 bits per heavy atom. The van der Waals surface area contributed by atoms with Crippen molar-refractivity contribution in [3.8, 4) is 6.07 Å². The first kappa shape index (κ1) is 17.8. The number of amides is 1. The van der Waals surface area contributed by atoms with Crippen LogP contribution in [-0.4, -0.2) is 21.7 Å². The zero-order valence-corrected chi connectivity index (χ0v) is 15.5. The molecule has 2 heterocycles. The zero-order chi connectivity index (χ0) is 19.2. The molecule has 0 unspecified atom stereocenters. The Balaban J connectivity index is 1.79. The molecule has 0 spiro atoms. The molecule has 0 bridgehead atoms. The third-order valence-corrected chi connectivity index (χ3v) is 6.32. The minimum atomic E-state index is -1.47. The highest BCUT2D eigenvalue weighted by Crippen LogP contribution is 2.51. The van der Waals surface area contributed by atoms with Gasteiger partial charge in [0.15, 0.2) is 5.72 Å². The number of allylic oxidation sites excluding steroid dienone is 1. The van der Waals surface area contributed by atoms with Gasteiger partial charge in [-0.1, -0.05) is 42.0 Å². The summed E-state index contributed by atoms with van der Waals surface area (Å²) in [4.78, 5) is 14.3. The number of carbonyl (C=O) groups excluding carboxylic acids is 1. The normalized spacial score (nSPS) is 24.7. The van der Waals surface area contributed by atoms with Gasteiger partial charge in [-0.05, 0) is 24.6 Å². The second-order valence-electron chi connectivity index (χ2n) is 6.84. The number of hydrogen-bond acceptors (Lipinski definition) is 4. The van der Waals surface area contributed by atoms with Gasteiger partial charge in [-0.15, -0.1) is 11.8 Å². The number of nitrogens with zero attached hydrogens (tertiary/aromatic N) is 2. The summed E-state index contributed by atoms with van der Waals surface area (Å²) < 4.78 is 13.3. The summed E-state index contributed by atoms with van der Waals surface area (Å²) in [6.07, 6.45) is 0.0623. The van der Waals surface area contributed by atoms with E-state index in [0.717, 1.165) is 11.1 Å².